The van der Waals surface area contributed by atoms with Gasteiger partial charge in [-0.25, -0.2) is 0 Å². The molecule has 0 aromatic carbocycles. The smallest absolute Gasteiger partial charge is 0.0782 e. The summed E-state index contributed by atoms with van der Waals surface area (Å²) in [6.07, 6.45) is 21.2. The predicted molar refractivity (Wildman–Crippen MR) is 107 cm³/mol. The Labute approximate surface area is 169 Å². The Morgan fingerprint density at radius 3 is 1.25 bits per heavy atom. The second-order valence-electron chi connectivity index (χ2n) is 8.02. The molecule has 0 N–H and O–H groups in total. The van der Waals surface area contributed by atoms with E-state index in [0.717, 1.165) is 5.88 Å². The van der Waals surface area contributed by atoms with Gasteiger partial charge in [0.15, 0.2) is 0 Å². The van der Waals surface area contributed by atoms with Crippen molar-refractivity contribution in [2.45, 2.75) is 103 Å². The number of nitrogens with zero attached hydrogens (tertiary/aromatic N) is 1. The van der Waals surface area contributed by atoms with E-state index >= 15 is 0 Å². The zero-order chi connectivity index (χ0) is 17.2. The maximum atomic E-state index is 5.76. The number of alkyl halides is 1. The third kappa shape index (κ3) is 20.8. The fourth-order valence-corrected chi connectivity index (χ4v) is 3.49. The van der Waals surface area contributed by atoms with Crippen molar-refractivity contribution in [3.05, 3.63) is 0 Å². The monoisotopic (exact) mass is 425 g/mol. The quantitative estimate of drug-likeness (QED) is 0.175. The van der Waals surface area contributed by atoms with Crippen molar-refractivity contribution >= 4 is 11.6 Å². The van der Waals surface area contributed by atoms with Gasteiger partial charge >= 0.3 is 0 Å². The summed E-state index contributed by atoms with van der Waals surface area (Å²) in [6.45, 7) is 4.91. The molecular formula is C21H45BrClN. The summed E-state index contributed by atoms with van der Waals surface area (Å²) in [5, 5.41) is 0. The Morgan fingerprint density at radius 1 is 0.542 bits per heavy atom. The van der Waals surface area contributed by atoms with E-state index < -0.39 is 0 Å². The molecule has 0 aromatic rings. The highest BCUT2D eigenvalue weighted by Gasteiger charge is 2.13. The number of hydrogen-bond acceptors (Lipinski definition) is 0. The van der Waals surface area contributed by atoms with Crippen LogP contribution in [0.15, 0.2) is 0 Å². The van der Waals surface area contributed by atoms with E-state index in [0.29, 0.717) is 0 Å². The highest BCUT2D eigenvalue weighted by atomic mass is 79.9. The second kappa shape index (κ2) is 20.0. The van der Waals surface area contributed by atoms with Crippen LogP contribution in [0.1, 0.15) is 103 Å². The molecule has 24 heavy (non-hydrogen) atoms. The lowest BCUT2D eigenvalue weighted by atomic mass is 10.0. The van der Waals surface area contributed by atoms with Crippen molar-refractivity contribution in [1.82, 2.24) is 0 Å². The van der Waals surface area contributed by atoms with Gasteiger partial charge in [-0.15, -0.1) is 11.6 Å². The molecular weight excluding hydrogens is 382 g/mol. The Hall–Kier alpha value is 0.730. The molecule has 0 aromatic heterocycles. The zero-order valence-electron chi connectivity index (χ0n) is 16.9. The topological polar surface area (TPSA) is 0 Å². The first-order valence-electron chi connectivity index (χ1n) is 10.5. The van der Waals surface area contributed by atoms with Crippen LogP contribution in [0.5, 0.6) is 0 Å². The molecule has 0 saturated heterocycles. The SMILES string of the molecule is CCCCCCCCCCCCCCC[N+](C)(C)CCCCCl.[Br-]. The fourth-order valence-electron chi connectivity index (χ4n) is 3.30. The first-order chi connectivity index (χ1) is 11.1. The van der Waals surface area contributed by atoms with Gasteiger partial charge in [-0.2, -0.15) is 0 Å². The summed E-state index contributed by atoms with van der Waals surface area (Å²) in [4.78, 5) is 0. The molecule has 0 heterocycles. The van der Waals surface area contributed by atoms with E-state index in [1.54, 1.807) is 0 Å². The van der Waals surface area contributed by atoms with E-state index in [-0.39, 0.29) is 17.0 Å². The van der Waals surface area contributed by atoms with Gasteiger partial charge in [-0.1, -0.05) is 77.6 Å². The van der Waals surface area contributed by atoms with Crippen molar-refractivity contribution < 1.29 is 21.5 Å². The van der Waals surface area contributed by atoms with Crippen LogP contribution >= 0.6 is 11.6 Å². The summed E-state index contributed by atoms with van der Waals surface area (Å²) in [7, 11) is 4.74. The Bertz CT molecular complexity index is 234. The normalized spacial score (nSPS) is 11.5. The van der Waals surface area contributed by atoms with E-state index in [1.165, 1.54) is 114 Å². The largest absolute Gasteiger partial charge is 1.00 e. The van der Waals surface area contributed by atoms with Crippen molar-refractivity contribution in [2.75, 3.05) is 33.1 Å². The van der Waals surface area contributed by atoms with E-state index in [4.69, 9.17) is 11.6 Å². The van der Waals surface area contributed by atoms with Crippen molar-refractivity contribution in [1.29, 1.82) is 0 Å². The van der Waals surface area contributed by atoms with Gasteiger partial charge < -0.3 is 21.5 Å². The first-order valence-corrected chi connectivity index (χ1v) is 11.0. The van der Waals surface area contributed by atoms with Gasteiger partial charge in [0.2, 0.25) is 0 Å². The molecule has 0 amide bonds. The van der Waals surface area contributed by atoms with Gasteiger partial charge in [0.1, 0.15) is 0 Å². The molecule has 0 aliphatic carbocycles. The molecule has 1 nitrogen and oxygen atoms in total. The maximum Gasteiger partial charge on any atom is 0.0782 e. The molecule has 0 radical (unpaired) electrons. The predicted octanol–water partition coefficient (Wildman–Crippen LogP) is 4.18. The van der Waals surface area contributed by atoms with E-state index in [9.17, 15) is 0 Å². The summed E-state index contributed by atoms with van der Waals surface area (Å²) >= 11 is 5.76. The molecule has 148 valence electrons. The van der Waals surface area contributed by atoms with Gasteiger partial charge in [0.25, 0.3) is 0 Å². The molecule has 0 rings (SSSR count). The Kier molecular flexibility index (Phi) is 22.5. The lowest BCUT2D eigenvalue weighted by molar-refractivity contribution is -0.890. The number of rotatable bonds is 18. The van der Waals surface area contributed by atoms with Crippen LogP contribution < -0.4 is 17.0 Å². The minimum absolute atomic E-state index is 0. The van der Waals surface area contributed by atoms with Crippen LogP contribution in [-0.4, -0.2) is 37.5 Å². The fraction of sp³-hybridized carbons (Fsp3) is 1.00. The Balaban J connectivity index is 0. The van der Waals surface area contributed by atoms with Gasteiger partial charge in [0.05, 0.1) is 27.2 Å². The lowest BCUT2D eigenvalue weighted by Gasteiger charge is -2.29. The van der Waals surface area contributed by atoms with Crippen molar-refractivity contribution in [2.24, 2.45) is 0 Å². The number of quaternary nitrogens is 1. The Morgan fingerprint density at radius 2 is 0.875 bits per heavy atom. The standard InChI is InChI=1S/C21H45ClN.BrH/c1-4-5-6-7-8-9-10-11-12-13-14-15-17-20-23(2,3)21-18-16-19-22;/h4-21H2,1-3H3;1H/q+1;/p-1. The van der Waals surface area contributed by atoms with Crippen LogP contribution in [0.2, 0.25) is 0 Å². The van der Waals surface area contributed by atoms with Gasteiger partial charge in [-0.3, -0.25) is 0 Å². The number of hydrogen-bond donors (Lipinski definition) is 0. The van der Waals surface area contributed by atoms with Crippen LogP contribution in [0.25, 0.3) is 0 Å². The minimum Gasteiger partial charge on any atom is -1.00 e. The molecule has 0 saturated carbocycles. The summed E-state index contributed by atoms with van der Waals surface area (Å²) in [5.74, 6) is 0.818. The van der Waals surface area contributed by atoms with Gasteiger partial charge in [-0.05, 0) is 25.7 Å². The molecule has 0 atom stereocenters. The maximum absolute atomic E-state index is 5.76. The van der Waals surface area contributed by atoms with Crippen LogP contribution in [0.4, 0.5) is 0 Å². The van der Waals surface area contributed by atoms with Crippen LogP contribution in [0.3, 0.4) is 0 Å². The minimum atomic E-state index is 0. The summed E-state index contributed by atoms with van der Waals surface area (Å²) in [6, 6.07) is 0. The molecule has 0 unspecified atom stereocenters. The molecule has 0 aliphatic heterocycles. The average Bonchev–Trinajstić information content (AvgIpc) is 2.52. The summed E-state index contributed by atoms with van der Waals surface area (Å²) < 4.78 is 1.18. The van der Waals surface area contributed by atoms with E-state index in [2.05, 4.69) is 21.0 Å². The van der Waals surface area contributed by atoms with Crippen LogP contribution in [-0.2, 0) is 0 Å². The molecule has 0 aliphatic rings. The summed E-state index contributed by atoms with van der Waals surface area (Å²) in [5.41, 5.74) is 0. The number of unbranched alkanes of at least 4 members (excludes halogenated alkanes) is 13. The molecule has 3 heteroatoms. The third-order valence-electron chi connectivity index (χ3n) is 5.01. The zero-order valence-corrected chi connectivity index (χ0v) is 19.3. The van der Waals surface area contributed by atoms with Gasteiger partial charge in [0, 0.05) is 5.88 Å². The highest BCUT2D eigenvalue weighted by molar-refractivity contribution is 6.17. The first kappa shape index (κ1) is 27.0. The van der Waals surface area contributed by atoms with Crippen molar-refractivity contribution in [3.63, 3.8) is 0 Å². The third-order valence-corrected chi connectivity index (χ3v) is 5.28. The number of halogens is 2. The highest BCUT2D eigenvalue weighted by Crippen LogP contribution is 2.13. The molecule has 0 bridgehead atoms. The lowest BCUT2D eigenvalue weighted by Crippen LogP contribution is -3.00. The van der Waals surface area contributed by atoms with Crippen molar-refractivity contribution in [3.8, 4) is 0 Å². The second-order valence-corrected chi connectivity index (χ2v) is 8.40. The molecule has 0 fully saturated rings. The molecule has 0 spiro atoms. The van der Waals surface area contributed by atoms with E-state index in [1.807, 2.05) is 0 Å². The average molecular weight is 427 g/mol. The van der Waals surface area contributed by atoms with Crippen LogP contribution in [0, 0.1) is 0 Å².